The lowest BCUT2D eigenvalue weighted by Gasteiger charge is -2.14. The summed E-state index contributed by atoms with van der Waals surface area (Å²) < 4.78 is 0.873. The average molecular weight is 278 g/mol. The fraction of sp³-hybridized carbons (Fsp3) is 0. The van der Waals surface area contributed by atoms with E-state index in [1.54, 1.807) is 24.3 Å². The number of hydrogen-bond donors (Lipinski definition) is 0. The summed E-state index contributed by atoms with van der Waals surface area (Å²) in [6.45, 7) is 3.66. The molecule has 3 nitrogen and oxygen atoms in total. The van der Waals surface area contributed by atoms with Gasteiger partial charge in [-0.1, -0.05) is 28.6 Å². The zero-order chi connectivity index (χ0) is 11.7. The van der Waals surface area contributed by atoms with Gasteiger partial charge in [-0.3, -0.25) is 9.59 Å². The van der Waals surface area contributed by atoms with Gasteiger partial charge >= 0.3 is 0 Å². The van der Waals surface area contributed by atoms with Crippen LogP contribution in [0.2, 0.25) is 0 Å². The summed E-state index contributed by atoms with van der Waals surface area (Å²) in [6.07, 6.45) is 4.18. The molecule has 0 spiro atoms. The Bertz CT molecular complexity index is 502. The summed E-state index contributed by atoms with van der Waals surface area (Å²) in [6, 6.07) is 5.23. The predicted molar refractivity (Wildman–Crippen MR) is 65.9 cm³/mol. The topological polar surface area (TPSA) is 37.4 Å². The minimum absolute atomic E-state index is 0.317. The maximum absolute atomic E-state index is 11.5. The lowest BCUT2D eigenvalue weighted by Crippen LogP contribution is -2.29. The molecule has 0 atom stereocenters. The van der Waals surface area contributed by atoms with E-state index in [4.69, 9.17) is 0 Å². The SMILES string of the molecule is C=Cc1cc(N2C(=O)C=CC2=O)ccc1Br. The highest BCUT2D eigenvalue weighted by molar-refractivity contribution is 9.10. The molecule has 80 valence electrons. The van der Waals surface area contributed by atoms with E-state index in [1.807, 2.05) is 0 Å². The molecule has 2 amide bonds. The summed E-state index contributed by atoms with van der Waals surface area (Å²) in [5, 5.41) is 0. The molecule has 1 heterocycles. The van der Waals surface area contributed by atoms with Gasteiger partial charge in [-0.05, 0) is 23.8 Å². The Balaban J connectivity index is 2.45. The van der Waals surface area contributed by atoms with E-state index in [-0.39, 0.29) is 11.8 Å². The first-order valence-electron chi connectivity index (χ1n) is 4.61. The van der Waals surface area contributed by atoms with E-state index in [0.29, 0.717) is 5.69 Å². The third kappa shape index (κ3) is 1.72. The highest BCUT2D eigenvalue weighted by Gasteiger charge is 2.25. The molecule has 0 unspecified atom stereocenters. The van der Waals surface area contributed by atoms with E-state index in [1.165, 1.54) is 12.2 Å². The van der Waals surface area contributed by atoms with Crippen molar-refractivity contribution in [2.24, 2.45) is 0 Å². The number of benzene rings is 1. The number of anilines is 1. The van der Waals surface area contributed by atoms with Crippen molar-refractivity contribution in [3.63, 3.8) is 0 Å². The van der Waals surface area contributed by atoms with Crippen molar-refractivity contribution in [2.45, 2.75) is 0 Å². The van der Waals surface area contributed by atoms with Crippen LogP contribution in [0.25, 0.3) is 6.08 Å². The highest BCUT2D eigenvalue weighted by atomic mass is 79.9. The van der Waals surface area contributed by atoms with Crippen LogP contribution in [-0.2, 0) is 9.59 Å². The van der Waals surface area contributed by atoms with Gasteiger partial charge in [-0.25, -0.2) is 4.90 Å². The second-order valence-corrected chi connectivity index (χ2v) is 4.11. The molecule has 0 aromatic heterocycles. The van der Waals surface area contributed by atoms with E-state index in [0.717, 1.165) is 14.9 Å². The standard InChI is InChI=1S/C12H8BrNO2/c1-2-8-7-9(3-4-10(8)13)14-11(15)5-6-12(14)16/h2-7H,1H2. The molecule has 4 heteroatoms. The van der Waals surface area contributed by atoms with Gasteiger partial charge in [0, 0.05) is 16.6 Å². The Kier molecular flexibility index (Phi) is 2.75. The van der Waals surface area contributed by atoms with E-state index in [2.05, 4.69) is 22.5 Å². The van der Waals surface area contributed by atoms with Crippen LogP contribution >= 0.6 is 15.9 Å². The Hall–Kier alpha value is -1.68. The van der Waals surface area contributed by atoms with Crippen molar-refractivity contribution in [3.05, 3.63) is 47.0 Å². The summed E-state index contributed by atoms with van der Waals surface area (Å²) in [5.41, 5.74) is 1.39. The molecule has 1 aliphatic rings. The van der Waals surface area contributed by atoms with Crippen LogP contribution in [0, 0.1) is 0 Å². The predicted octanol–water partition coefficient (Wildman–Crippen LogP) is 2.52. The molecule has 0 radical (unpaired) electrons. The molecule has 0 aliphatic carbocycles. The van der Waals surface area contributed by atoms with Gasteiger partial charge in [0.05, 0.1) is 5.69 Å². The summed E-state index contributed by atoms with van der Waals surface area (Å²) >= 11 is 3.35. The molecule has 1 aliphatic heterocycles. The van der Waals surface area contributed by atoms with Gasteiger partial charge in [0.1, 0.15) is 0 Å². The van der Waals surface area contributed by atoms with E-state index >= 15 is 0 Å². The molecule has 0 saturated carbocycles. The molecule has 0 N–H and O–H groups in total. The second kappa shape index (κ2) is 4.06. The monoisotopic (exact) mass is 277 g/mol. The van der Waals surface area contributed by atoms with Gasteiger partial charge < -0.3 is 0 Å². The zero-order valence-electron chi connectivity index (χ0n) is 8.31. The van der Waals surface area contributed by atoms with Crippen molar-refractivity contribution in [2.75, 3.05) is 4.90 Å². The minimum atomic E-state index is -0.317. The second-order valence-electron chi connectivity index (χ2n) is 3.26. The highest BCUT2D eigenvalue weighted by Crippen LogP contribution is 2.26. The lowest BCUT2D eigenvalue weighted by atomic mass is 10.2. The number of nitrogens with zero attached hydrogens (tertiary/aromatic N) is 1. The molecule has 0 bridgehead atoms. The van der Waals surface area contributed by atoms with Gasteiger partial charge in [0.2, 0.25) is 0 Å². The van der Waals surface area contributed by atoms with Crippen molar-refractivity contribution in [1.29, 1.82) is 0 Å². The van der Waals surface area contributed by atoms with Crippen LogP contribution in [0.15, 0.2) is 41.4 Å². The van der Waals surface area contributed by atoms with Crippen LogP contribution in [-0.4, -0.2) is 11.8 Å². The number of hydrogen-bond acceptors (Lipinski definition) is 2. The van der Waals surface area contributed by atoms with Crippen LogP contribution in [0.3, 0.4) is 0 Å². The van der Waals surface area contributed by atoms with Crippen LogP contribution in [0.5, 0.6) is 0 Å². The lowest BCUT2D eigenvalue weighted by molar-refractivity contribution is -0.119. The first-order valence-corrected chi connectivity index (χ1v) is 5.41. The van der Waals surface area contributed by atoms with Crippen LogP contribution < -0.4 is 4.90 Å². The van der Waals surface area contributed by atoms with Crippen molar-refractivity contribution >= 4 is 39.5 Å². The van der Waals surface area contributed by atoms with E-state index < -0.39 is 0 Å². The molecule has 0 saturated heterocycles. The number of halogens is 1. The number of rotatable bonds is 2. The maximum Gasteiger partial charge on any atom is 0.258 e. The number of carbonyl (C=O) groups excluding carboxylic acids is 2. The Morgan fingerprint density at radius 3 is 2.38 bits per heavy atom. The van der Waals surface area contributed by atoms with Crippen LogP contribution in [0.1, 0.15) is 5.56 Å². The fourth-order valence-electron chi connectivity index (χ4n) is 1.48. The first-order chi connectivity index (χ1) is 7.63. The quantitative estimate of drug-likeness (QED) is 0.779. The summed E-state index contributed by atoms with van der Waals surface area (Å²) in [5.74, 6) is -0.635. The molecule has 1 aromatic carbocycles. The largest absolute Gasteiger partial charge is 0.269 e. The minimum Gasteiger partial charge on any atom is -0.269 e. The molecule has 2 rings (SSSR count). The molecule has 0 fully saturated rings. The van der Waals surface area contributed by atoms with Gasteiger partial charge in [0.15, 0.2) is 0 Å². The Morgan fingerprint density at radius 2 is 1.81 bits per heavy atom. The first kappa shape index (κ1) is 10.8. The number of imide groups is 1. The third-order valence-electron chi connectivity index (χ3n) is 2.27. The van der Waals surface area contributed by atoms with Gasteiger partial charge in [0.25, 0.3) is 11.8 Å². The van der Waals surface area contributed by atoms with Gasteiger partial charge in [-0.15, -0.1) is 0 Å². The van der Waals surface area contributed by atoms with Crippen molar-refractivity contribution in [1.82, 2.24) is 0 Å². The summed E-state index contributed by atoms with van der Waals surface area (Å²) in [4.78, 5) is 24.0. The Labute approximate surface area is 101 Å². The maximum atomic E-state index is 11.5. The van der Waals surface area contributed by atoms with E-state index in [9.17, 15) is 9.59 Å². The van der Waals surface area contributed by atoms with Crippen molar-refractivity contribution in [3.8, 4) is 0 Å². The Morgan fingerprint density at radius 1 is 1.19 bits per heavy atom. The van der Waals surface area contributed by atoms with Crippen molar-refractivity contribution < 1.29 is 9.59 Å². The average Bonchev–Trinajstić information content (AvgIpc) is 2.60. The summed E-state index contributed by atoms with van der Waals surface area (Å²) in [7, 11) is 0. The molecule has 1 aromatic rings. The third-order valence-corrected chi connectivity index (χ3v) is 2.99. The van der Waals surface area contributed by atoms with Gasteiger partial charge in [-0.2, -0.15) is 0 Å². The number of amides is 2. The number of carbonyl (C=O) groups is 2. The smallest absolute Gasteiger partial charge is 0.258 e. The molecular formula is C12H8BrNO2. The normalized spacial score (nSPS) is 14.7. The molecule has 16 heavy (non-hydrogen) atoms. The zero-order valence-corrected chi connectivity index (χ0v) is 9.90. The van der Waals surface area contributed by atoms with Crippen LogP contribution in [0.4, 0.5) is 5.69 Å². The fourth-order valence-corrected chi connectivity index (χ4v) is 1.89. The molecular weight excluding hydrogens is 270 g/mol.